The van der Waals surface area contributed by atoms with Gasteiger partial charge in [0, 0.05) is 38.3 Å². The molecule has 1 aliphatic rings. The predicted octanol–water partition coefficient (Wildman–Crippen LogP) is -0.345. The summed E-state index contributed by atoms with van der Waals surface area (Å²) in [5.74, 6) is -0.127. The highest BCUT2D eigenvalue weighted by molar-refractivity contribution is 5.92. The molecule has 1 aliphatic heterocycles. The number of hydrogen-bond donors (Lipinski definition) is 2. The zero-order chi connectivity index (χ0) is 15.2. The second-order valence-electron chi connectivity index (χ2n) is 5.27. The van der Waals surface area contributed by atoms with Gasteiger partial charge in [-0.1, -0.05) is 6.92 Å². The third-order valence-electron chi connectivity index (χ3n) is 3.99. The summed E-state index contributed by atoms with van der Waals surface area (Å²) < 4.78 is 0. The van der Waals surface area contributed by atoms with Crippen molar-refractivity contribution in [2.45, 2.75) is 25.8 Å². The lowest BCUT2D eigenvalue weighted by Crippen LogP contribution is -2.52. The fraction of sp³-hybridized carbons (Fsp3) is 0.643. The van der Waals surface area contributed by atoms with Crippen LogP contribution in [0.2, 0.25) is 0 Å². The van der Waals surface area contributed by atoms with Gasteiger partial charge < -0.3 is 10.6 Å². The molecule has 0 bridgehead atoms. The molecular formula is C14H23N5O2. The summed E-state index contributed by atoms with van der Waals surface area (Å²) in [5.41, 5.74) is 5.63. The van der Waals surface area contributed by atoms with Gasteiger partial charge in [0.15, 0.2) is 0 Å². The van der Waals surface area contributed by atoms with Gasteiger partial charge in [-0.3, -0.25) is 14.5 Å². The number of nitrogens with zero attached hydrogens (tertiary/aromatic N) is 3. The van der Waals surface area contributed by atoms with E-state index in [0.29, 0.717) is 25.7 Å². The summed E-state index contributed by atoms with van der Waals surface area (Å²) in [6.45, 7) is 5.93. The van der Waals surface area contributed by atoms with Crippen LogP contribution in [-0.2, 0) is 0 Å². The van der Waals surface area contributed by atoms with E-state index in [-0.39, 0.29) is 17.2 Å². The number of aromatic nitrogens is 2. The van der Waals surface area contributed by atoms with Gasteiger partial charge in [0.2, 0.25) is 0 Å². The number of rotatable bonds is 5. The normalized spacial score (nSPS) is 17.7. The fourth-order valence-electron chi connectivity index (χ4n) is 2.75. The van der Waals surface area contributed by atoms with Gasteiger partial charge in [-0.25, -0.2) is 5.10 Å². The lowest BCUT2D eigenvalue weighted by Gasteiger charge is -2.38. The lowest BCUT2D eigenvalue weighted by atomic mass is 10.1. The van der Waals surface area contributed by atoms with Gasteiger partial charge in [0.25, 0.3) is 11.5 Å². The number of nitrogens with one attached hydrogen (secondary N) is 1. The minimum Gasteiger partial charge on any atom is -0.335 e. The predicted molar refractivity (Wildman–Crippen MR) is 80.1 cm³/mol. The monoisotopic (exact) mass is 293 g/mol. The molecule has 3 N–H and O–H groups in total. The number of piperazine rings is 1. The van der Waals surface area contributed by atoms with Crippen molar-refractivity contribution in [3.63, 3.8) is 0 Å². The van der Waals surface area contributed by atoms with Crippen LogP contribution in [0.15, 0.2) is 16.9 Å². The molecule has 1 amide bonds. The molecule has 1 saturated heterocycles. The topological polar surface area (TPSA) is 95.3 Å². The number of aromatic amines is 1. The Hall–Kier alpha value is -1.73. The summed E-state index contributed by atoms with van der Waals surface area (Å²) >= 11 is 0. The van der Waals surface area contributed by atoms with Crippen molar-refractivity contribution < 1.29 is 4.79 Å². The van der Waals surface area contributed by atoms with Crippen LogP contribution in [0.5, 0.6) is 0 Å². The summed E-state index contributed by atoms with van der Waals surface area (Å²) in [5, 5.41) is 6.09. The number of amides is 1. The highest BCUT2D eigenvalue weighted by Crippen LogP contribution is 2.13. The molecule has 2 heterocycles. The number of carbonyl (C=O) groups excluding carboxylic acids is 1. The van der Waals surface area contributed by atoms with Crippen molar-refractivity contribution in [1.29, 1.82) is 0 Å². The maximum absolute atomic E-state index is 12.3. The Kier molecular flexibility index (Phi) is 5.46. The Bertz CT molecular complexity index is 502. The average Bonchev–Trinajstić information content (AvgIpc) is 2.53. The Labute approximate surface area is 124 Å². The van der Waals surface area contributed by atoms with Crippen molar-refractivity contribution in [2.75, 3.05) is 32.7 Å². The molecule has 0 spiro atoms. The molecular weight excluding hydrogens is 270 g/mol. The molecule has 21 heavy (non-hydrogen) atoms. The van der Waals surface area contributed by atoms with Crippen LogP contribution >= 0.6 is 0 Å². The molecule has 1 fully saturated rings. The molecule has 7 heteroatoms. The Morgan fingerprint density at radius 1 is 1.38 bits per heavy atom. The largest absolute Gasteiger partial charge is 0.335 e. The quantitative estimate of drug-likeness (QED) is 0.774. The molecule has 0 saturated carbocycles. The van der Waals surface area contributed by atoms with E-state index in [1.54, 1.807) is 4.90 Å². The second kappa shape index (κ2) is 7.33. The Morgan fingerprint density at radius 2 is 2.10 bits per heavy atom. The van der Waals surface area contributed by atoms with E-state index in [0.717, 1.165) is 25.9 Å². The van der Waals surface area contributed by atoms with Crippen LogP contribution in [0.4, 0.5) is 0 Å². The molecule has 116 valence electrons. The zero-order valence-electron chi connectivity index (χ0n) is 12.4. The van der Waals surface area contributed by atoms with E-state index in [1.807, 2.05) is 0 Å². The van der Waals surface area contributed by atoms with E-state index in [2.05, 4.69) is 22.0 Å². The van der Waals surface area contributed by atoms with Gasteiger partial charge in [0.05, 0.1) is 0 Å². The zero-order valence-corrected chi connectivity index (χ0v) is 12.4. The van der Waals surface area contributed by atoms with Gasteiger partial charge in [0.1, 0.15) is 5.69 Å². The minimum absolute atomic E-state index is 0.127. The van der Waals surface area contributed by atoms with E-state index in [9.17, 15) is 9.59 Å². The fourth-order valence-corrected chi connectivity index (χ4v) is 2.75. The van der Waals surface area contributed by atoms with E-state index in [4.69, 9.17) is 5.73 Å². The lowest BCUT2D eigenvalue weighted by molar-refractivity contribution is 0.0550. The average molecular weight is 293 g/mol. The second-order valence-corrected chi connectivity index (χ2v) is 5.27. The van der Waals surface area contributed by atoms with Crippen molar-refractivity contribution in [2.24, 2.45) is 5.73 Å². The maximum atomic E-state index is 12.3. The summed E-state index contributed by atoms with van der Waals surface area (Å²) in [6.07, 6.45) is 2.07. The van der Waals surface area contributed by atoms with Gasteiger partial charge in [-0.15, -0.1) is 0 Å². The SMILES string of the molecule is CCC(CCN)N1CCN(C(=O)c2ccc(=O)[nH]n2)CC1. The van der Waals surface area contributed by atoms with Crippen molar-refractivity contribution in [3.05, 3.63) is 28.2 Å². The number of nitrogens with two attached hydrogens (primary N) is 1. The van der Waals surface area contributed by atoms with Gasteiger partial charge >= 0.3 is 0 Å². The molecule has 0 aliphatic carbocycles. The third kappa shape index (κ3) is 3.89. The molecule has 1 atom stereocenters. The van der Waals surface area contributed by atoms with E-state index in [1.165, 1.54) is 12.1 Å². The molecule has 0 aromatic carbocycles. The standard InChI is InChI=1S/C14H23N5O2/c1-2-11(5-6-15)18-7-9-19(10-8-18)14(21)12-3-4-13(20)17-16-12/h3-4,11H,2,5-10,15H2,1H3,(H,17,20). The third-order valence-corrected chi connectivity index (χ3v) is 3.99. The highest BCUT2D eigenvalue weighted by Gasteiger charge is 2.26. The Morgan fingerprint density at radius 3 is 2.62 bits per heavy atom. The van der Waals surface area contributed by atoms with Crippen molar-refractivity contribution in [1.82, 2.24) is 20.0 Å². The van der Waals surface area contributed by atoms with Crippen LogP contribution in [0, 0.1) is 0 Å². The first-order chi connectivity index (χ1) is 10.2. The molecule has 2 rings (SSSR count). The molecule has 1 aromatic heterocycles. The first kappa shape index (κ1) is 15.7. The number of carbonyl (C=O) groups is 1. The number of hydrogen-bond acceptors (Lipinski definition) is 5. The first-order valence-electron chi connectivity index (χ1n) is 7.44. The van der Waals surface area contributed by atoms with Gasteiger partial charge in [-0.2, -0.15) is 5.10 Å². The minimum atomic E-state index is -0.302. The number of H-pyrrole nitrogens is 1. The van der Waals surface area contributed by atoms with E-state index >= 15 is 0 Å². The van der Waals surface area contributed by atoms with Crippen LogP contribution < -0.4 is 11.3 Å². The molecule has 7 nitrogen and oxygen atoms in total. The van der Waals surface area contributed by atoms with E-state index < -0.39 is 0 Å². The van der Waals surface area contributed by atoms with Crippen molar-refractivity contribution >= 4 is 5.91 Å². The highest BCUT2D eigenvalue weighted by atomic mass is 16.2. The molecule has 0 radical (unpaired) electrons. The maximum Gasteiger partial charge on any atom is 0.274 e. The van der Waals surface area contributed by atoms with Gasteiger partial charge in [-0.05, 0) is 25.5 Å². The first-order valence-corrected chi connectivity index (χ1v) is 7.44. The van der Waals surface area contributed by atoms with Crippen LogP contribution in [0.3, 0.4) is 0 Å². The van der Waals surface area contributed by atoms with Crippen molar-refractivity contribution in [3.8, 4) is 0 Å². The summed E-state index contributed by atoms with van der Waals surface area (Å²) in [6, 6.07) is 3.29. The van der Waals surface area contributed by atoms with Crippen LogP contribution in [0.25, 0.3) is 0 Å². The van der Waals surface area contributed by atoms with Crippen LogP contribution in [0.1, 0.15) is 30.3 Å². The summed E-state index contributed by atoms with van der Waals surface area (Å²) in [7, 11) is 0. The summed E-state index contributed by atoms with van der Waals surface area (Å²) in [4.78, 5) is 27.4. The molecule has 1 unspecified atom stereocenters. The smallest absolute Gasteiger partial charge is 0.274 e. The molecule has 1 aromatic rings. The van der Waals surface area contributed by atoms with Crippen LogP contribution in [-0.4, -0.2) is 64.7 Å². The Balaban J connectivity index is 1.92.